The van der Waals surface area contributed by atoms with Crippen LogP contribution in [0.3, 0.4) is 0 Å². The summed E-state index contributed by atoms with van der Waals surface area (Å²) in [6.45, 7) is 2.06. The molecule has 2 aromatic rings. The van der Waals surface area contributed by atoms with Crippen LogP contribution in [0.4, 0.5) is 5.69 Å². The van der Waals surface area contributed by atoms with Gasteiger partial charge < -0.3 is 15.5 Å². The molecule has 0 aliphatic heterocycles. The minimum atomic E-state index is -0.538. The second-order valence-electron chi connectivity index (χ2n) is 10.0. The van der Waals surface area contributed by atoms with E-state index in [9.17, 15) is 15.0 Å². The Morgan fingerprint density at radius 1 is 1.15 bits per heavy atom. The number of amides is 1. The third kappa shape index (κ3) is 6.68. The van der Waals surface area contributed by atoms with Crippen LogP contribution in [0.5, 0.6) is 0 Å². The molecule has 3 N–H and O–H groups in total. The molecule has 1 saturated carbocycles. The van der Waals surface area contributed by atoms with Gasteiger partial charge in [0.2, 0.25) is 5.91 Å². The number of rotatable bonds is 10. The summed E-state index contributed by atoms with van der Waals surface area (Å²) in [5, 5.41) is 24.1. The summed E-state index contributed by atoms with van der Waals surface area (Å²) in [4.78, 5) is 12.1. The molecule has 4 rings (SSSR count). The molecule has 180 valence electrons. The summed E-state index contributed by atoms with van der Waals surface area (Å²) in [7, 11) is 0. The number of unbranched alkanes of at least 4 members (excludes halogenated alkanes) is 1. The molecule has 4 nitrogen and oxygen atoms in total. The van der Waals surface area contributed by atoms with E-state index in [1.54, 1.807) is 0 Å². The molecule has 2 aliphatic rings. The van der Waals surface area contributed by atoms with Crippen LogP contribution in [0.2, 0.25) is 0 Å². The van der Waals surface area contributed by atoms with Crippen molar-refractivity contribution in [1.82, 2.24) is 0 Å². The highest BCUT2D eigenvalue weighted by Gasteiger charge is 2.43. The standard InChI is InChI=1S/C30H37NO3/c1-21-8-7-10-22(16-21)18-26(32)14-15-27-28-19-23(17-24(28)20-29(27)33)9-5-6-13-30(34)31-25-11-3-2-4-12-25/h2-4,7-8,10-12,14-17,24,26-29,32-33H,5-6,9,13,18-20H2,1H3,(H,31,34)/b15-14+/t24-,26-,27+,28-,29+/m0/s1. The van der Waals surface area contributed by atoms with Crippen LogP contribution < -0.4 is 5.32 Å². The van der Waals surface area contributed by atoms with Crippen LogP contribution in [0, 0.1) is 24.7 Å². The van der Waals surface area contributed by atoms with Gasteiger partial charge in [0.05, 0.1) is 12.2 Å². The van der Waals surface area contributed by atoms with Crippen molar-refractivity contribution in [2.45, 2.75) is 64.1 Å². The summed E-state index contributed by atoms with van der Waals surface area (Å²) in [6.07, 6.45) is 11.3. The molecule has 2 aliphatic carbocycles. The smallest absolute Gasteiger partial charge is 0.224 e. The molecular formula is C30H37NO3. The largest absolute Gasteiger partial charge is 0.392 e. The fourth-order valence-corrected chi connectivity index (χ4v) is 5.58. The van der Waals surface area contributed by atoms with Crippen LogP contribution in [0.25, 0.3) is 0 Å². The third-order valence-corrected chi connectivity index (χ3v) is 7.24. The number of aliphatic hydroxyl groups is 2. The zero-order valence-corrected chi connectivity index (χ0v) is 20.1. The lowest BCUT2D eigenvalue weighted by Crippen LogP contribution is -2.18. The van der Waals surface area contributed by atoms with Crippen molar-refractivity contribution >= 4 is 11.6 Å². The number of anilines is 1. The third-order valence-electron chi connectivity index (χ3n) is 7.24. The number of allylic oxidation sites excluding steroid dienone is 2. The van der Waals surface area contributed by atoms with Gasteiger partial charge in [0, 0.05) is 24.4 Å². The summed E-state index contributed by atoms with van der Waals surface area (Å²) in [5.41, 5.74) is 4.64. The number of nitrogens with one attached hydrogen (secondary N) is 1. The number of aliphatic hydroxyl groups excluding tert-OH is 2. The minimum absolute atomic E-state index is 0.0704. The Kier molecular flexibility index (Phi) is 8.36. The Labute approximate surface area is 203 Å². The lowest BCUT2D eigenvalue weighted by molar-refractivity contribution is -0.116. The Hall–Kier alpha value is -2.69. The van der Waals surface area contributed by atoms with Crippen molar-refractivity contribution < 1.29 is 15.0 Å². The molecule has 0 unspecified atom stereocenters. The highest BCUT2D eigenvalue weighted by atomic mass is 16.3. The quantitative estimate of drug-likeness (QED) is 0.320. The van der Waals surface area contributed by atoms with E-state index >= 15 is 0 Å². The van der Waals surface area contributed by atoms with E-state index < -0.39 is 6.10 Å². The number of hydrogen-bond donors (Lipinski definition) is 3. The Morgan fingerprint density at radius 2 is 1.97 bits per heavy atom. The van der Waals surface area contributed by atoms with E-state index in [0.717, 1.165) is 43.4 Å². The summed E-state index contributed by atoms with van der Waals surface area (Å²) in [6, 6.07) is 17.8. The molecule has 0 bridgehead atoms. The topological polar surface area (TPSA) is 69.6 Å². The number of carbonyl (C=O) groups is 1. The molecule has 34 heavy (non-hydrogen) atoms. The average Bonchev–Trinajstić information content (AvgIpc) is 3.32. The van der Waals surface area contributed by atoms with Crippen molar-refractivity contribution in [3.05, 3.63) is 89.5 Å². The van der Waals surface area contributed by atoms with Gasteiger partial charge >= 0.3 is 0 Å². The van der Waals surface area contributed by atoms with Gasteiger partial charge in [-0.3, -0.25) is 4.79 Å². The summed E-state index contributed by atoms with van der Waals surface area (Å²) < 4.78 is 0. The molecule has 0 heterocycles. The first kappa shape index (κ1) is 24.4. The summed E-state index contributed by atoms with van der Waals surface area (Å²) >= 11 is 0. The predicted octanol–water partition coefficient (Wildman–Crippen LogP) is 5.60. The van der Waals surface area contributed by atoms with Gasteiger partial charge in [0.15, 0.2) is 0 Å². The fourth-order valence-electron chi connectivity index (χ4n) is 5.58. The lowest BCUT2D eigenvalue weighted by Gasteiger charge is -2.19. The molecule has 2 aromatic carbocycles. The van der Waals surface area contributed by atoms with Crippen molar-refractivity contribution in [3.8, 4) is 0 Å². The van der Waals surface area contributed by atoms with Crippen LogP contribution in [-0.4, -0.2) is 28.3 Å². The van der Waals surface area contributed by atoms with E-state index in [-0.39, 0.29) is 17.9 Å². The van der Waals surface area contributed by atoms with Gasteiger partial charge in [0.1, 0.15) is 0 Å². The highest BCUT2D eigenvalue weighted by Crippen LogP contribution is 2.48. The second-order valence-corrected chi connectivity index (χ2v) is 10.0. The number of aryl methyl sites for hydroxylation is 1. The van der Waals surface area contributed by atoms with E-state index in [0.29, 0.717) is 24.7 Å². The van der Waals surface area contributed by atoms with Gasteiger partial charge in [-0.2, -0.15) is 0 Å². The van der Waals surface area contributed by atoms with Crippen molar-refractivity contribution in [1.29, 1.82) is 0 Å². The maximum atomic E-state index is 12.1. The van der Waals surface area contributed by atoms with E-state index in [1.807, 2.05) is 48.5 Å². The SMILES string of the molecule is Cc1cccc(C[C@@H](O)/C=C/[C@@H]2[C@H]3CC(CCCCC(=O)Nc4ccccc4)=C[C@H]3C[C@H]2O)c1. The number of hydrogen-bond acceptors (Lipinski definition) is 3. The lowest BCUT2D eigenvalue weighted by atomic mass is 9.88. The number of fused-ring (bicyclic) bond motifs is 1. The van der Waals surface area contributed by atoms with E-state index in [1.165, 1.54) is 11.1 Å². The molecule has 0 saturated heterocycles. The van der Waals surface area contributed by atoms with Crippen LogP contribution in [-0.2, 0) is 11.2 Å². The minimum Gasteiger partial charge on any atom is -0.392 e. The van der Waals surface area contributed by atoms with Gasteiger partial charge in [-0.25, -0.2) is 0 Å². The molecule has 0 radical (unpaired) electrons. The average molecular weight is 460 g/mol. The van der Waals surface area contributed by atoms with Crippen LogP contribution in [0.1, 0.15) is 49.7 Å². The van der Waals surface area contributed by atoms with Gasteiger partial charge in [-0.05, 0) is 68.6 Å². The van der Waals surface area contributed by atoms with Gasteiger partial charge in [-0.15, -0.1) is 0 Å². The molecule has 1 amide bonds. The zero-order chi connectivity index (χ0) is 23.9. The maximum absolute atomic E-state index is 12.1. The Bertz CT molecular complexity index is 1010. The van der Waals surface area contributed by atoms with Crippen molar-refractivity contribution in [2.24, 2.45) is 17.8 Å². The van der Waals surface area contributed by atoms with E-state index in [4.69, 9.17) is 0 Å². The fraction of sp³-hybridized carbons (Fsp3) is 0.433. The van der Waals surface area contributed by atoms with Crippen molar-refractivity contribution in [3.63, 3.8) is 0 Å². The maximum Gasteiger partial charge on any atom is 0.224 e. The molecule has 0 aromatic heterocycles. The number of benzene rings is 2. The normalized spacial score (nSPS) is 24.7. The molecule has 4 heteroatoms. The van der Waals surface area contributed by atoms with Gasteiger partial charge in [-0.1, -0.05) is 71.8 Å². The summed E-state index contributed by atoms with van der Waals surface area (Å²) in [5.74, 6) is 1.02. The highest BCUT2D eigenvalue weighted by molar-refractivity contribution is 5.90. The van der Waals surface area contributed by atoms with Crippen molar-refractivity contribution in [2.75, 3.05) is 5.32 Å². The zero-order valence-electron chi connectivity index (χ0n) is 20.1. The molecule has 0 spiro atoms. The monoisotopic (exact) mass is 459 g/mol. The first-order valence-electron chi connectivity index (χ1n) is 12.6. The molecule has 5 atom stereocenters. The second kappa shape index (κ2) is 11.6. The number of para-hydroxylation sites is 1. The molecular weight excluding hydrogens is 422 g/mol. The van der Waals surface area contributed by atoms with Crippen LogP contribution >= 0.6 is 0 Å². The Balaban J connectivity index is 1.20. The van der Waals surface area contributed by atoms with E-state index in [2.05, 4.69) is 36.5 Å². The predicted molar refractivity (Wildman–Crippen MR) is 137 cm³/mol. The van der Waals surface area contributed by atoms with Gasteiger partial charge in [0.25, 0.3) is 0 Å². The first-order valence-corrected chi connectivity index (χ1v) is 12.6. The molecule has 1 fully saturated rings. The first-order chi connectivity index (χ1) is 16.5. The van der Waals surface area contributed by atoms with Crippen LogP contribution in [0.15, 0.2) is 78.4 Å². The Morgan fingerprint density at radius 3 is 2.76 bits per heavy atom. The number of carbonyl (C=O) groups excluding carboxylic acids is 1.